The van der Waals surface area contributed by atoms with Crippen LogP contribution < -0.4 is 10.2 Å². The topological polar surface area (TPSA) is 87.3 Å². The first kappa shape index (κ1) is 25.5. The lowest BCUT2D eigenvalue weighted by Gasteiger charge is -2.30. The predicted molar refractivity (Wildman–Crippen MR) is 141 cm³/mol. The van der Waals surface area contributed by atoms with E-state index in [-0.39, 0.29) is 17.9 Å². The van der Waals surface area contributed by atoms with Crippen molar-refractivity contribution < 1.29 is 14.3 Å². The van der Waals surface area contributed by atoms with Crippen LogP contribution in [0.2, 0.25) is 0 Å². The van der Waals surface area contributed by atoms with Gasteiger partial charge in [0.25, 0.3) is 0 Å². The lowest BCUT2D eigenvalue weighted by molar-refractivity contribution is -0.119. The molecule has 2 atom stereocenters. The Morgan fingerprint density at radius 1 is 1.19 bits per heavy atom. The molecule has 3 aromatic rings. The number of ether oxygens (including phenoxy) is 1. The molecule has 0 fully saturated rings. The van der Waals surface area contributed by atoms with E-state index in [4.69, 9.17) is 4.74 Å². The second-order valence-corrected chi connectivity index (χ2v) is 10.5. The molecule has 4 rings (SSSR count). The number of amides is 2. The molecule has 1 heterocycles. The van der Waals surface area contributed by atoms with Crippen molar-refractivity contribution in [2.45, 2.75) is 77.5 Å². The zero-order chi connectivity index (χ0) is 25.7. The summed E-state index contributed by atoms with van der Waals surface area (Å²) in [5.41, 5.74) is 3.60. The normalized spacial score (nSPS) is 16.1. The molecular formula is C29H36N4O3. The Bertz CT molecular complexity index is 1170. The van der Waals surface area contributed by atoms with E-state index in [1.54, 1.807) is 17.3 Å². The van der Waals surface area contributed by atoms with Crippen LogP contribution in [0.25, 0.3) is 0 Å². The molecule has 1 aromatic heterocycles. The second-order valence-electron chi connectivity index (χ2n) is 10.5. The van der Waals surface area contributed by atoms with Crippen LogP contribution in [0, 0.1) is 0 Å². The first-order valence-electron chi connectivity index (χ1n) is 12.7. The number of carbonyl (C=O) groups excluding carboxylic acids is 2. The van der Waals surface area contributed by atoms with Gasteiger partial charge in [-0.2, -0.15) is 0 Å². The minimum Gasteiger partial charge on any atom is -0.444 e. The Morgan fingerprint density at radius 3 is 2.67 bits per heavy atom. The third-order valence-electron chi connectivity index (χ3n) is 6.46. The Morgan fingerprint density at radius 2 is 1.97 bits per heavy atom. The van der Waals surface area contributed by atoms with Gasteiger partial charge >= 0.3 is 6.09 Å². The molecule has 1 aliphatic rings. The predicted octanol–water partition coefficient (Wildman–Crippen LogP) is 6.04. The van der Waals surface area contributed by atoms with E-state index in [2.05, 4.69) is 40.4 Å². The zero-order valence-electron chi connectivity index (χ0n) is 21.6. The van der Waals surface area contributed by atoms with Crippen LogP contribution in [0.15, 0.2) is 60.9 Å². The van der Waals surface area contributed by atoms with E-state index in [1.807, 2.05) is 51.1 Å². The van der Waals surface area contributed by atoms with Crippen LogP contribution >= 0.6 is 0 Å². The number of aromatic nitrogens is 2. The summed E-state index contributed by atoms with van der Waals surface area (Å²) in [7, 11) is 0. The van der Waals surface area contributed by atoms with Crippen LogP contribution in [-0.2, 0) is 22.5 Å². The van der Waals surface area contributed by atoms with Crippen LogP contribution in [0.1, 0.15) is 81.4 Å². The van der Waals surface area contributed by atoms with Gasteiger partial charge in [-0.15, -0.1) is 0 Å². The summed E-state index contributed by atoms with van der Waals surface area (Å²) >= 11 is 0. The maximum atomic E-state index is 13.6. The maximum absolute atomic E-state index is 13.6. The summed E-state index contributed by atoms with van der Waals surface area (Å²) in [5.74, 6) is 0.823. The molecule has 2 aromatic carbocycles. The van der Waals surface area contributed by atoms with E-state index in [0.717, 1.165) is 41.9 Å². The number of fused-ring (bicyclic) bond motifs is 1. The third kappa shape index (κ3) is 6.53. The van der Waals surface area contributed by atoms with E-state index >= 15 is 0 Å². The molecule has 2 N–H and O–H groups in total. The molecule has 36 heavy (non-hydrogen) atoms. The van der Waals surface area contributed by atoms with Crippen molar-refractivity contribution in [2.75, 3.05) is 4.90 Å². The van der Waals surface area contributed by atoms with Crippen molar-refractivity contribution in [3.05, 3.63) is 83.4 Å². The van der Waals surface area contributed by atoms with Gasteiger partial charge < -0.3 is 19.9 Å². The molecule has 0 saturated carbocycles. The quantitative estimate of drug-likeness (QED) is 0.424. The Labute approximate surface area is 213 Å². The standard InChI is InChI=1S/C29H36N4O3/c1-20(21-9-6-5-7-10-21)17-27(34)33(19-26-30-15-16-31-26)23-14-13-22-11-8-12-25(24(22)18-23)32-28(35)36-29(2,3)4/h5-7,9-10,13-16,18,20,25H,8,11-12,17,19H2,1-4H3,(H,30,31)(H,32,35). The van der Waals surface area contributed by atoms with Crippen LogP contribution in [0.5, 0.6) is 0 Å². The molecule has 0 aliphatic heterocycles. The van der Waals surface area contributed by atoms with Gasteiger partial charge in [0.15, 0.2) is 0 Å². The van der Waals surface area contributed by atoms with Crippen molar-refractivity contribution in [1.29, 1.82) is 0 Å². The van der Waals surface area contributed by atoms with E-state index < -0.39 is 11.7 Å². The molecular weight excluding hydrogens is 452 g/mol. The van der Waals surface area contributed by atoms with Crippen molar-refractivity contribution in [1.82, 2.24) is 15.3 Å². The Kier molecular flexibility index (Phi) is 7.77. The number of carbonyl (C=O) groups is 2. The molecule has 0 bridgehead atoms. The molecule has 190 valence electrons. The highest BCUT2D eigenvalue weighted by Gasteiger charge is 2.27. The van der Waals surface area contributed by atoms with Gasteiger partial charge in [-0.25, -0.2) is 9.78 Å². The van der Waals surface area contributed by atoms with E-state index in [0.29, 0.717) is 13.0 Å². The summed E-state index contributed by atoms with van der Waals surface area (Å²) in [5, 5.41) is 3.04. The van der Waals surface area contributed by atoms with Gasteiger partial charge in [0.05, 0.1) is 12.6 Å². The number of H-pyrrole nitrogens is 1. The first-order chi connectivity index (χ1) is 17.2. The average molecular weight is 489 g/mol. The molecule has 2 amide bonds. The Balaban J connectivity index is 1.60. The zero-order valence-corrected chi connectivity index (χ0v) is 21.6. The largest absolute Gasteiger partial charge is 0.444 e. The number of hydrogen-bond acceptors (Lipinski definition) is 4. The fraction of sp³-hybridized carbons (Fsp3) is 0.414. The number of aromatic amines is 1. The van der Waals surface area contributed by atoms with E-state index in [1.165, 1.54) is 5.56 Å². The summed E-state index contributed by atoms with van der Waals surface area (Å²) < 4.78 is 5.50. The molecule has 7 heteroatoms. The molecule has 0 radical (unpaired) electrons. The number of alkyl carbamates (subject to hydrolysis) is 1. The SMILES string of the molecule is CC(CC(=O)N(Cc1ncc[nH]1)c1ccc2c(c1)C(NC(=O)OC(C)(C)C)CCC2)c1ccccc1. The Hall–Kier alpha value is -3.61. The highest BCUT2D eigenvalue weighted by Crippen LogP contribution is 2.34. The van der Waals surface area contributed by atoms with Crippen LogP contribution in [0.4, 0.5) is 10.5 Å². The fourth-order valence-corrected chi connectivity index (χ4v) is 4.68. The monoisotopic (exact) mass is 488 g/mol. The second kappa shape index (κ2) is 11.0. The summed E-state index contributed by atoms with van der Waals surface area (Å²) in [6.07, 6.45) is 6.16. The molecule has 1 aliphatic carbocycles. The van der Waals surface area contributed by atoms with Gasteiger partial charge in [-0.05, 0) is 74.8 Å². The molecule has 0 spiro atoms. The van der Waals surface area contributed by atoms with Crippen molar-refractivity contribution in [3.8, 4) is 0 Å². The minimum absolute atomic E-state index is 0.0233. The summed E-state index contributed by atoms with van der Waals surface area (Å²) in [6.45, 7) is 7.98. The third-order valence-corrected chi connectivity index (χ3v) is 6.46. The highest BCUT2D eigenvalue weighted by atomic mass is 16.6. The fourth-order valence-electron chi connectivity index (χ4n) is 4.68. The van der Waals surface area contributed by atoms with Gasteiger partial charge in [0.2, 0.25) is 5.91 Å². The summed E-state index contributed by atoms with van der Waals surface area (Å²) in [4.78, 5) is 35.4. The van der Waals surface area contributed by atoms with Gasteiger partial charge in [-0.1, -0.05) is 43.3 Å². The lowest BCUT2D eigenvalue weighted by atomic mass is 9.87. The van der Waals surface area contributed by atoms with Gasteiger partial charge in [-0.3, -0.25) is 4.79 Å². The van der Waals surface area contributed by atoms with Crippen molar-refractivity contribution in [3.63, 3.8) is 0 Å². The van der Waals surface area contributed by atoms with Crippen molar-refractivity contribution >= 4 is 17.7 Å². The van der Waals surface area contributed by atoms with Gasteiger partial charge in [0.1, 0.15) is 11.4 Å². The summed E-state index contributed by atoms with van der Waals surface area (Å²) in [6, 6.07) is 16.1. The number of imidazole rings is 1. The number of benzene rings is 2. The number of hydrogen-bond donors (Lipinski definition) is 2. The maximum Gasteiger partial charge on any atom is 0.408 e. The number of aryl methyl sites for hydroxylation is 1. The van der Waals surface area contributed by atoms with Crippen LogP contribution in [0.3, 0.4) is 0 Å². The average Bonchev–Trinajstić information content (AvgIpc) is 3.35. The van der Waals surface area contributed by atoms with Crippen molar-refractivity contribution in [2.24, 2.45) is 0 Å². The van der Waals surface area contributed by atoms with E-state index in [9.17, 15) is 9.59 Å². The molecule has 2 unspecified atom stereocenters. The number of nitrogens with one attached hydrogen (secondary N) is 2. The smallest absolute Gasteiger partial charge is 0.408 e. The molecule has 0 saturated heterocycles. The van der Waals surface area contributed by atoms with Gasteiger partial charge in [0, 0.05) is 24.5 Å². The number of nitrogens with zero attached hydrogens (tertiary/aromatic N) is 2. The first-order valence-corrected chi connectivity index (χ1v) is 12.7. The number of rotatable bonds is 7. The number of anilines is 1. The molecule has 7 nitrogen and oxygen atoms in total. The minimum atomic E-state index is -0.564. The lowest BCUT2D eigenvalue weighted by Crippen LogP contribution is -2.36. The highest BCUT2D eigenvalue weighted by molar-refractivity contribution is 5.93. The van der Waals surface area contributed by atoms with Crippen LogP contribution in [-0.4, -0.2) is 27.6 Å².